The molecule has 146 valence electrons. The third-order valence-corrected chi connectivity index (χ3v) is 7.56. The third kappa shape index (κ3) is 3.43. The van der Waals surface area contributed by atoms with Crippen molar-refractivity contribution in [3.63, 3.8) is 0 Å². The van der Waals surface area contributed by atoms with E-state index in [1.54, 1.807) is 26.8 Å². The summed E-state index contributed by atoms with van der Waals surface area (Å²) in [4.78, 5) is 0.156. The summed E-state index contributed by atoms with van der Waals surface area (Å²) in [7, 11) is -7.37. The molecule has 1 aliphatic heterocycles. The second kappa shape index (κ2) is 6.53. The summed E-state index contributed by atoms with van der Waals surface area (Å²) >= 11 is 0. The van der Waals surface area contributed by atoms with Crippen molar-refractivity contribution in [1.29, 1.82) is 0 Å². The number of nitrogens with zero attached hydrogens (tertiary/aromatic N) is 1. The Kier molecular flexibility index (Phi) is 4.76. The Labute approximate surface area is 161 Å². The smallest absolute Gasteiger partial charge is 0.264 e. The molecule has 8 heteroatoms. The van der Waals surface area contributed by atoms with Crippen molar-refractivity contribution < 1.29 is 16.8 Å². The van der Waals surface area contributed by atoms with Crippen molar-refractivity contribution in [2.45, 2.75) is 38.5 Å². The van der Waals surface area contributed by atoms with E-state index < -0.39 is 20.0 Å². The lowest BCUT2D eigenvalue weighted by molar-refractivity contribution is 0.589. The molecule has 2 aromatic rings. The average Bonchev–Trinajstić information content (AvgIpc) is 2.88. The molecule has 0 aliphatic carbocycles. The first-order valence-electron chi connectivity index (χ1n) is 8.63. The van der Waals surface area contributed by atoms with Crippen LogP contribution >= 0.6 is 0 Å². The number of sulfonamides is 2. The fraction of sp³-hybridized carbons (Fsp3) is 0.368. The van der Waals surface area contributed by atoms with Gasteiger partial charge >= 0.3 is 0 Å². The van der Waals surface area contributed by atoms with Crippen LogP contribution in [-0.2, 0) is 20.0 Å². The summed E-state index contributed by atoms with van der Waals surface area (Å²) in [5, 5.41) is 0. The van der Waals surface area contributed by atoms with Gasteiger partial charge in [-0.3, -0.25) is 9.03 Å². The first-order chi connectivity index (χ1) is 12.4. The Hall–Kier alpha value is -2.06. The quantitative estimate of drug-likeness (QED) is 0.841. The van der Waals surface area contributed by atoms with E-state index in [0.717, 1.165) is 11.8 Å². The highest BCUT2D eigenvalue weighted by Crippen LogP contribution is 2.41. The van der Waals surface area contributed by atoms with Gasteiger partial charge in [-0.2, -0.15) is 0 Å². The van der Waals surface area contributed by atoms with Crippen LogP contribution in [0.25, 0.3) is 0 Å². The van der Waals surface area contributed by atoms with E-state index in [1.807, 2.05) is 31.2 Å². The molecular weight excluding hydrogens is 384 g/mol. The SMILES string of the molecule is Cc1cc(C)c(S(=O)(=O)N2CC(C)c3ccccc32)c(C)c1NS(C)(=O)=O. The maximum absolute atomic E-state index is 13.6. The number of rotatable bonds is 4. The summed E-state index contributed by atoms with van der Waals surface area (Å²) in [6.45, 7) is 7.51. The molecule has 0 amide bonds. The molecule has 1 unspecified atom stereocenters. The van der Waals surface area contributed by atoms with E-state index in [1.165, 1.54) is 4.31 Å². The van der Waals surface area contributed by atoms with Gasteiger partial charge in [-0.05, 0) is 49.1 Å². The minimum Gasteiger partial charge on any atom is -0.283 e. The van der Waals surface area contributed by atoms with Crippen LogP contribution in [0, 0.1) is 20.8 Å². The minimum absolute atomic E-state index is 0.0932. The molecule has 2 aromatic carbocycles. The molecule has 27 heavy (non-hydrogen) atoms. The Morgan fingerprint density at radius 3 is 2.30 bits per heavy atom. The van der Waals surface area contributed by atoms with E-state index in [0.29, 0.717) is 34.6 Å². The lowest BCUT2D eigenvalue weighted by Crippen LogP contribution is -2.31. The second-order valence-corrected chi connectivity index (χ2v) is 10.8. The highest BCUT2D eigenvalue weighted by atomic mass is 32.2. The third-order valence-electron chi connectivity index (χ3n) is 4.91. The van der Waals surface area contributed by atoms with Crippen molar-refractivity contribution in [3.05, 3.63) is 52.6 Å². The van der Waals surface area contributed by atoms with Gasteiger partial charge in [0.2, 0.25) is 10.0 Å². The van der Waals surface area contributed by atoms with Gasteiger partial charge in [0.25, 0.3) is 10.0 Å². The number of fused-ring (bicyclic) bond motifs is 1. The summed E-state index contributed by atoms with van der Waals surface area (Å²) < 4.78 is 54.5. The zero-order chi connectivity index (χ0) is 20.1. The first-order valence-corrected chi connectivity index (χ1v) is 12.0. The Bertz CT molecular complexity index is 1120. The fourth-order valence-electron chi connectivity index (χ4n) is 3.82. The molecule has 1 atom stereocenters. The standard InChI is InChI=1S/C19H24N2O4S2/c1-12-10-13(2)19(15(4)18(12)20-26(5,22)23)27(24,25)21-11-14(3)16-8-6-7-9-17(16)21/h6-10,14,20H,11H2,1-5H3. The van der Waals surface area contributed by atoms with Crippen molar-refractivity contribution in [2.75, 3.05) is 21.8 Å². The van der Waals surface area contributed by atoms with E-state index in [9.17, 15) is 16.8 Å². The number of hydrogen-bond acceptors (Lipinski definition) is 4. The van der Waals surface area contributed by atoms with Crippen molar-refractivity contribution >= 4 is 31.4 Å². The first kappa shape index (κ1) is 19.7. The van der Waals surface area contributed by atoms with Gasteiger partial charge in [0.05, 0.1) is 22.5 Å². The molecule has 0 saturated carbocycles. The highest BCUT2D eigenvalue weighted by Gasteiger charge is 2.36. The molecule has 6 nitrogen and oxygen atoms in total. The number of nitrogens with one attached hydrogen (secondary N) is 1. The van der Waals surface area contributed by atoms with Crippen LogP contribution in [0.4, 0.5) is 11.4 Å². The predicted molar refractivity (Wildman–Crippen MR) is 109 cm³/mol. The Morgan fingerprint density at radius 1 is 1.04 bits per heavy atom. The molecule has 1 N–H and O–H groups in total. The van der Waals surface area contributed by atoms with Crippen LogP contribution in [-0.4, -0.2) is 29.6 Å². The van der Waals surface area contributed by atoms with Gasteiger partial charge in [0.15, 0.2) is 0 Å². The monoisotopic (exact) mass is 408 g/mol. The van der Waals surface area contributed by atoms with E-state index in [2.05, 4.69) is 4.72 Å². The zero-order valence-corrected chi connectivity index (χ0v) is 17.7. The van der Waals surface area contributed by atoms with E-state index in [4.69, 9.17) is 0 Å². The maximum Gasteiger partial charge on any atom is 0.264 e. The molecule has 1 heterocycles. The second-order valence-electron chi connectivity index (χ2n) is 7.21. The number of hydrogen-bond donors (Lipinski definition) is 1. The molecular formula is C19H24N2O4S2. The van der Waals surface area contributed by atoms with Crippen molar-refractivity contribution in [3.8, 4) is 0 Å². The molecule has 0 bridgehead atoms. The summed E-state index contributed by atoms with van der Waals surface area (Å²) in [6, 6.07) is 9.19. The van der Waals surface area contributed by atoms with Crippen LogP contribution < -0.4 is 9.03 Å². The Morgan fingerprint density at radius 2 is 1.67 bits per heavy atom. The number of anilines is 2. The topological polar surface area (TPSA) is 83.6 Å². The van der Waals surface area contributed by atoms with Crippen LogP contribution in [0.15, 0.2) is 35.2 Å². The predicted octanol–water partition coefficient (Wildman–Crippen LogP) is 3.30. The van der Waals surface area contributed by atoms with Crippen LogP contribution in [0.1, 0.15) is 35.1 Å². The lowest BCUT2D eigenvalue weighted by atomic mass is 10.0. The minimum atomic E-state index is -3.84. The molecule has 1 aliphatic rings. The number of aryl methyl sites for hydroxylation is 2. The van der Waals surface area contributed by atoms with Gasteiger partial charge in [-0.15, -0.1) is 0 Å². The van der Waals surface area contributed by atoms with Crippen LogP contribution in [0.2, 0.25) is 0 Å². The Balaban J connectivity index is 2.21. The highest BCUT2D eigenvalue weighted by molar-refractivity contribution is 7.93. The van der Waals surface area contributed by atoms with Crippen LogP contribution in [0.3, 0.4) is 0 Å². The summed E-state index contributed by atoms with van der Waals surface area (Å²) in [6.07, 6.45) is 1.05. The van der Waals surface area contributed by atoms with E-state index >= 15 is 0 Å². The van der Waals surface area contributed by atoms with Crippen molar-refractivity contribution in [1.82, 2.24) is 0 Å². The van der Waals surface area contributed by atoms with Gasteiger partial charge in [-0.1, -0.05) is 31.2 Å². The molecule has 3 rings (SSSR count). The summed E-state index contributed by atoms with van der Waals surface area (Å²) in [5.74, 6) is 0.0932. The molecule has 0 radical (unpaired) electrons. The average molecular weight is 409 g/mol. The van der Waals surface area contributed by atoms with Crippen LogP contribution in [0.5, 0.6) is 0 Å². The zero-order valence-electron chi connectivity index (χ0n) is 16.1. The molecule has 0 aromatic heterocycles. The molecule has 0 saturated heterocycles. The van der Waals surface area contributed by atoms with Gasteiger partial charge < -0.3 is 0 Å². The van der Waals surface area contributed by atoms with E-state index in [-0.39, 0.29) is 10.8 Å². The number of benzene rings is 2. The summed E-state index contributed by atoms with van der Waals surface area (Å²) in [5.41, 5.74) is 3.70. The van der Waals surface area contributed by atoms with Gasteiger partial charge in [0.1, 0.15) is 0 Å². The number of para-hydroxylation sites is 1. The molecule has 0 spiro atoms. The lowest BCUT2D eigenvalue weighted by Gasteiger charge is -2.24. The van der Waals surface area contributed by atoms with Gasteiger partial charge in [0, 0.05) is 12.5 Å². The maximum atomic E-state index is 13.6. The fourth-order valence-corrected chi connectivity index (χ4v) is 6.53. The van der Waals surface area contributed by atoms with Crippen molar-refractivity contribution in [2.24, 2.45) is 0 Å². The van der Waals surface area contributed by atoms with Gasteiger partial charge in [-0.25, -0.2) is 16.8 Å². The molecule has 0 fully saturated rings. The normalized spacial score (nSPS) is 17.1. The largest absolute Gasteiger partial charge is 0.283 e.